The predicted molar refractivity (Wildman–Crippen MR) is 230 cm³/mol. The number of rotatable bonds is 5. The molecular formula is C52H34N2O. The largest absolute Gasteiger partial charge is 0.456 e. The van der Waals surface area contributed by atoms with Crippen LogP contribution >= 0.6 is 0 Å². The second-order valence-electron chi connectivity index (χ2n) is 14.4. The number of nitrogens with zero attached hydrogens (tertiary/aromatic N) is 2. The number of allylic oxidation sites excluding steroid dienone is 4. The summed E-state index contributed by atoms with van der Waals surface area (Å²) >= 11 is 0. The van der Waals surface area contributed by atoms with E-state index >= 15 is 0 Å². The summed E-state index contributed by atoms with van der Waals surface area (Å²) in [5, 5.41) is 10.0. The Hall–Kier alpha value is -7.10. The number of benzene rings is 8. The lowest BCUT2D eigenvalue weighted by Gasteiger charge is -2.17. The Morgan fingerprint density at radius 1 is 0.364 bits per heavy atom. The third kappa shape index (κ3) is 5.35. The molecule has 0 amide bonds. The molecule has 1 aliphatic carbocycles. The Morgan fingerprint density at radius 2 is 0.927 bits per heavy atom. The molecule has 0 atom stereocenters. The maximum atomic E-state index is 6.49. The fraction of sp³-hybridized carbons (Fsp3) is 0.0385. The van der Waals surface area contributed by atoms with Gasteiger partial charge in [0.2, 0.25) is 0 Å². The normalized spacial score (nSPS) is 13.2. The zero-order chi connectivity index (χ0) is 36.3. The molecule has 258 valence electrons. The smallest absolute Gasteiger partial charge is 0.160 e. The van der Waals surface area contributed by atoms with E-state index in [2.05, 4.69) is 158 Å². The van der Waals surface area contributed by atoms with Crippen molar-refractivity contribution in [2.45, 2.75) is 12.8 Å². The zero-order valence-corrected chi connectivity index (χ0v) is 30.0. The van der Waals surface area contributed by atoms with Gasteiger partial charge in [0.1, 0.15) is 11.2 Å². The third-order valence-electron chi connectivity index (χ3n) is 11.2. The first kappa shape index (κ1) is 31.4. The summed E-state index contributed by atoms with van der Waals surface area (Å²) in [7, 11) is 0. The van der Waals surface area contributed by atoms with Crippen LogP contribution in [0.4, 0.5) is 0 Å². The van der Waals surface area contributed by atoms with Crippen LogP contribution in [0.3, 0.4) is 0 Å². The van der Waals surface area contributed by atoms with Crippen molar-refractivity contribution >= 4 is 65.4 Å². The Bertz CT molecular complexity index is 3100. The lowest BCUT2D eigenvalue weighted by molar-refractivity contribution is 0.669. The molecule has 0 unspecified atom stereocenters. The molecule has 3 heteroatoms. The fourth-order valence-electron chi connectivity index (χ4n) is 8.52. The molecule has 0 fully saturated rings. The molecule has 0 saturated carbocycles. The zero-order valence-electron chi connectivity index (χ0n) is 30.0. The first-order chi connectivity index (χ1) is 27.2. The van der Waals surface area contributed by atoms with Crippen LogP contribution in [0.15, 0.2) is 186 Å². The van der Waals surface area contributed by atoms with Gasteiger partial charge in [-0.25, -0.2) is 9.97 Å². The summed E-state index contributed by atoms with van der Waals surface area (Å²) in [5.41, 5.74) is 11.9. The first-order valence-corrected chi connectivity index (χ1v) is 18.9. The topological polar surface area (TPSA) is 38.9 Å². The Kier molecular flexibility index (Phi) is 7.31. The summed E-state index contributed by atoms with van der Waals surface area (Å²) in [6, 6.07) is 60.3. The monoisotopic (exact) mass is 702 g/mol. The van der Waals surface area contributed by atoms with Crippen molar-refractivity contribution in [1.29, 1.82) is 0 Å². The van der Waals surface area contributed by atoms with Crippen molar-refractivity contribution in [2.24, 2.45) is 0 Å². The van der Waals surface area contributed by atoms with E-state index in [-0.39, 0.29) is 0 Å². The van der Waals surface area contributed by atoms with Crippen molar-refractivity contribution < 1.29 is 4.42 Å². The molecule has 0 saturated heterocycles. The minimum atomic E-state index is 0.742. The molecule has 2 aromatic heterocycles. The second kappa shape index (κ2) is 12.8. The highest BCUT2D eigenvalue weighted by atomic mass is 16.3. The average Bonchev–Trinajstić information content (AvgIpc) is 3.65. The van der Waals surface area contributed by atoms with E-state index in [1.165, 1.54) is 65.5 Å². The molecule has 3 nitrogen and oxygen atoms in total. The number of hydrogen-bond donors (Lipinski definition) is 0. The standard InChI is InChI=1S/C52H34N2O/c1-3-12-34(13-4-1)47-32-48(54-52(53-47)36-14-5-2-6-15-36)35-24-22-33(23-25-35)39-20-11-21-50-51(39)46-31-38(27-29-49(46)55-50)37-26-28-44-42-18-8-7-16-40(42)41-17-9-10-19-43(41)45(44)30-37/h1-22,24,26-32H,23,25H2. The summed E-state index contributed by atoms with van der Waals surface area (Å²) in [6.07, 6.45) is 6.30. The second-order valence-corrected chi connectivity index (χ2v) is 14.4. The summed E-state index contributed by atoms with van der Waals surface area (Å²) < 4.78 is 6.49. The minimum Gasteiger partial charge on any atom is -0.456 e. The SMILES string of the molecule is C1=C(c2cc(-c3ccccc3)nc(-c3ccccc3)n2)CCC(c2cccc3oc4ccc(-c5ccc6c7ccccc7c7ccccc7c6c5)cc4c23)=C1. The molecule has 1 aliphatic rings. The van der Waals surface area contributed by atoms with E-state index < -0.39 is 0 Å². The van der Waals surface area contributed by atoms with E-state index in [1.807, 2.05) is 24.3 Å². The van der Waals surface area contributed by atoms with Gasteiger partial charge in [0, 0.05) is 21.9 Å². The van der Waals surface area contributed by atoms with Gasteiger partial charge < -0.3 is 4.42 Å². The van der Waals surface area contributed by atoms with Crippen molar-refractivity contribution in [3.8, 4) is 33.8 Å². The Labute approximate surface area is 318 Å². The van der Waals surface area contributed by atoms with Gasteiger partial charge in [-0.05, 0) is 103 Å². The van der Waals surface area contributed by atoms with Crippen molar-refractivity contribution in [3.63, 3.8) is 0 Å². The maximum absolute atomic E-state index is 6.49. The van der Waals surface area contributed by atoms with Crippen LogP contribution in [0.25, 0.3) is 99.2 Å². The lowest BCUT2D eigenvalue weighted by atomic mass is 9.89. The van der Waals surface area contributed by atoms with Gasteiger partial charge in [-0.15, -0.1) is 0 Å². The van der Waals surface area contributed by atoms with Crippen LogP contribution < -0.4 is 0 Å². The maximum Gasteiger partial charge on any atom is 0.160 e. The highest BCUT2D eigenvalue weighted by Gasteiger charge is 2.19. The molecular weight excluding hydrogens is 669 g/mol. The molecule has 0 N–H and O–H groups in total. The van der Waals surface area contributed by atoms with Crippen LogP contribution in [-0.4, -0.2) is 9.97 Å². The number of furan rings is 1. The molecule has 0 aliphatic heterocycles. The van der Waals surface area contributed by atoms with E-state index in [0.717, 1.165) is 57.7 Å². The molecule has 10 aromatic rings. The number of hydrogen-bond acceptors (Lipinski definition) is 3. The van der Waals surface area contributed by atoms with Crippen molar-refractivity contribution in [1.82, 2.24) is 9.97 Å². The van der Waals surface area contributed by atoms with Crippen LogP contribution in [0.1, 0.15) is 24.1 Å². The highest BCUT2D eigenvalue weighted by Crippen LogP contribution is 2.42. The average molecular weight is 703 g/mol. The van der Waals surface area contributed by atoms with Crippen LogP contribution in [0, 0.1) is 0 Å². The fourth-order valence-corrected chi connectivity index (χ4v) is 8.52. The van der Waals surface area contributed by atoms with Gasteiger partial charge in [0.05, 0.1) is 11.4 Å². The Balaban J connectivity index is 1.01. The first-order valence-electron chi connectivity index (χ1n) is 18.9. The molecule has 8 aromatic carbocycles. The molecule has 0 radical (unpaired) electrons. The van der Waals surface area contributed by atoms with Gasteiger partial charge in [0.25, 0.3) is 0 Å². The predicted octanol–water partition coefficient (Wildman–Crippen LogP) is 14.1. The van der Waals surface area contributed by atoms with Gasteiger partial charge in [-0.2, -0.15) is 0 Å². The van der Waals surface area contributed by atoms with Crippen LogP contribution in [-0.2, 0) is 0 Å². The van der Waals surface area contributed by atoms with E-state index in [4.69, 9.17) is 14.4 Å². The minimum absolute atomic E-state index is 0.742. The molecule has 55 heavy (non-hydrogen) atoms. The van der Waals surface area contributed by atoms with Gasteiger partial charge in [0.15, 0.2) is 5.82 Å². The van der Waals surface area contributed by atoms with Gasteiger partial charge in [-0.3, -0.25) is 0 Å². The molecule has 2 heterocycles. The summed E-state index contributed by atoms with van der Waals surface area (Å²) in [5.74, 6) is 0.742. The third-order valence-corrected chi connectivity index (χ3v) is 11.2. The lowest BCUT2D eigenvalue weighted by Crippen LogP contribution is -2.01. The van der Waals surface area contributed by atoms with E-state index in [1.54, 1.807) is 0 Å². The van der Waals surface area contributed by atoms with Crippen molar-refractivity contribution in [2.75, 3.05) is 0 Å². The molecule has 0 bridgehead atoms. The summed E-state index contributed by atoms with van der Waals surface area (Å²) in [6.45, 7) is 0. The van der Waals surface area contributed by atoms with Crippen molar-refractivity contribution in [3.05, 3.63) is 193 Å². The van der Waals surface area contributed by atoms with E-state index in [9.17, 15) is 0 Å². The number of fused-ring (bicyclic) bond motifs is 9. The van der Waals surface area contributed by atoms with Crippen LogP contribution in [0.5, 0.6) is 0 Å². The number of aromatic nitrogens is 2. The Morgan fingerprint density at radius 3 is 1.62 bits per heavy atom. The van der Waals surface area contributed by atoms with E-state index in [0.29, 0.717) is 0 Å². The highest BCUT2D eigenvalue weighted by molar-refractivity contribution is 6.25. The van der Waals surface area contributed by atoms with Gasteiger partial charge in [-0.1, -0.05) is 152 Å². The summed E-state index contributed by atoms with van der Waals surface area (Å²) in [4.78, 5) is 10.1. The molecule has 11 rings (SSSR count). The molecule has 0 spiro atoms. The van der Waals surface area contributed by atoms with Crippen LogP contribution in [0.2, 0.25) is 0 Å². The quantitative estimate of drug-likeness (QED) is 0.168. The van der Waals surface area contributed by atoms with Gasteiger partial charge >= 0.3 is 0 Å².